The zero-order valence-corrected chi connectivity index (χ0v) is 18.8. The van der Waals surface area contributed by atoms with Crippen molar-refractivity contribution < 1.29 is 27.8 Å². The van der Waals surface area contributed by atoms with Crippen LogP contribution in [0.1, 0.15) is 43.7 Å². The van der Waals surface area contributed by atoms with Crippen molar-refractivity contribution in [3.8, 4) is 0 Å². The molecule has 2 aromatic carbocycles. The van der Waals surface area contributed by atoms with Crippen LogP contribution < -0.4 is 0 Å². The van der Waals surface area contributed by atoms with Crippen molar-refractivity contribution in [1.82, 2.24) is 4.98 Å². The molecule has 8 heteroatoms. The molecule has 0 radical (unpaired) electrons. The number of ether oxygens (including phenoxy) is 1. The first-order valence-electron chi connectivity index (χ1n) is 10.5. The Labute approximate surface area is 193 Å². The third-order valence-electron chi connectivity index (χ3n) is 5.42. The zero-order chi connectivity index (χ0) is 23.7. The number of hydrogen-bond donors (Lipinski definition) is 1. The molecular formula is C25H22F3NO3S. The Morgan fingerprint density at radius 3 is 2.58 bits per heavy atom. The summed E-state index contributed by atoms with van der Waals surface area (Å²) in [6.45, 7) is 4.16. The molecule has 0 amide bonds. The van der Waals surface area contributed by atoms with Crippen LogP contribution >= 0.6 is 11.8 Å². The maximum atomic E-state index is 14.4. The lowest BCUT2D eigenvalue weighted by atomic mass is 10.0. The number of rotatable bonds is 5. The van der Waals surface area contributed by atoms with Crippen molar-refractivity contribution in [1.29, 1.82) is 0 Å². The maximum Gasteiger partial charge on any atom is 0.309 e. The molecular weight excluding hydrogens is 451 g/mol. The van der Waals surface area contributed by atoms with Crippen LogP contribution in [0.5, 0.6) is 0 Å². The summed E-state index contributed by atoms with van der Waals surface area (Å²) in [6, 6.07) is 8.73. The van der Waals surface area contributed by atoms with Crippen LogP contribution in [0.2, 0.25) is 0 Å². The van der Waals surface area contributed by atoms with Gasteiger partial charge in [0.05, 0.1) is 12.5 Å². The summed E-state index contributed by atoms with van der Waals surface area (Å²) in [5.74, 6) is -4.37. The molecule has 4 nitrogen and oxygen atoms in total. The van der Waals surface area contributed by atoms with Gasteiger partial charge < -0.3 is 9.84 Å². The smallest absolute Gasteiger partial charge is 0.309 e. The number of esters is 1. The molecule has 0 aliphatic carbocycles. The van der Waals surface area contributed by atoms with Crippen LogP contribution in [0.15, 0.2) is 52.4 Å². The fourth-order valence-corrected chi connectivity index (χ4v) is 4.65. The molecule has 1 fully saturated rings. The van der Waals surface area contributed by atoms with E-state index in [2.05, 4.69) is 18.8 Å². The Kier molecular flexibility index (Phi) is 6.76. The van der Waals surface area contributed by atoms with Gasteiger partial charge in [-0.25, -0.2) is 13.2 Å². The topological polar surface area (TPSA) is 59.4 Å². The summed E-state index contributed by atoms with van der Waals surface area (Å²) >= 11 is 1.27. The minimum atomic E-state index is -1.57. The van der Waals surface area contributed by atoms with Crippen LogP contribution in [0.3, 0.4) is 0 Å². The number of hydrogen-bond acceptors (Lipinski definition) is 5. The Morgan fingerprint density at radius 1 is 1.18 bits per heavy atom. The van der Waals surface area contributed by atoms with Gasteiger partial charge in [0.25, 0.3) is 0 Å². The van der Waals surface area contributed by atoms with E-state index in [1.54, 1.807) is 12.2 Å². The van der Waals surface area contributed by atoms with E-state index < -0.39 is 35.6 Å². The molecule has 0 spiro atoms. The summed E-state index contributed by atoms with van der Waals surface area (Å²) < 4.78 is 47.6. The van der Waals surface area contributed by atoms with Gasteiger partial charge in [0, 0.05) is 33.4 Å². The number of carbonyl (C=O) groups excluding carboxylic acids is 1. The van der Waals surface area contributed by atoms with Crippen molar-refractivity contribution in [3.63, 3.8) is 0 Å². The van der Waals surface area contributed by atoms with Crippen molar-refractivity contribution in [2.45, 2.75) is 54.6 Å². The zero-order valence-electron chi connectivity index (χ0n) is 18.0. The SMILES string of the molecule is CC(C)c1ccc(Sc2c(/C=C/[C@@H]3C[C@@H](O)CC(=O)O3)cnc3c(F)c(F)c(F)cc23)cc1. The summed E-state index contributed by atoms with van der Waals surface area (Å²) in [5, 5.41) is 9.95. The molecule has 0 saturated carbocycles. The number of aliphatic hydroxyl groups is 1. The standard InChI is InChI=1S/C25H22F3NO3S/c1-13(2)14-4-7-18(8-5-14)33-25-15(3-6-17-9-16(30)10-21(31)32-17)12-29-24-19(25)11-20(26)22(27)23(24)28/h3-8,11-13,16-17,30H,9-10H2,1-2H3/b6-3+/t16-,17-/m1/s1. The predicted octanol–water partition coefficient (Wildman–Crippen LogP) is 6.01. The third kappa shape index (κ3) is 5.07. The molecule has 33 heavy (non-hydrogen) atoms. The van der Waals surface area contributed by atoms with Crippen molar-refractivity contribution in [2.75, 3.05) is 0 Å². The first-order valence-corrected chi connectivity index (χ1v) is 11.3. The average Bonchev–Trinajstić information content (AvgIpc) is 2.77. The van der Waals surface area contributed by atoms with Gasteiger partial charge in [-0.2, -0.15) is 0 Å². The van der Waals surface area contributed by atoms with E-state index in [0.717, 1.165) is 16.5 Å². The molecule has 1 N–H and O–H groups in total. The number of carbonyl (C=O) groups is 1. The molecule has 1 aliphatic heterocycles. The first kappa shape index (κ1) is 23.3. The summed E-state index contributed by atoms with van der Waals surface area (Å²) in [7, 11) is 0. The molecule has 3 aromatic rings. The van der Waals surface area contributed by atoms with E-state index in [4.69, 9.17) is 4.74 Å². The van der Waals surface area contributed by atoms with Crippen molar-refractivity contribution >= 4 is 34.7 Å². The minimum Gasteiger partial charge on any atom is -0.458 e. The van der Waals surface area contributed by atoms with Gasteiger partial charge in [0.15, 0.2) is 17.5 Å². The van der Waals surface area contributed by atoms with E-state index in [0.29, 0.717) is 16.4 Å². The molecule has 2 atom stereocenters. The van der Waals surface area contributed by atoms with E-state index >= 15 is 0 Å². The largest absolute Gasteiger partial charge is 0.458 e. The number of benzene rings is 2. The molecule has 2 heterocycles. The van der Waals surface area contributed by atoms with Gasteiger partial charge in [-0.15, -0.1) is 0 Å². The Hall–Kier alpha value is -2.84. The highest BCUT2D eigenvalue weighted by atomic mass is 32.2. The van der Waals surface area contributed by atoms with Gasteiger partial charge in [-0.05, 0) is 35.8 Å². The summed E-state index contributed by atoms with van der Waals surface area (Å²) in [5.41, 5.74) is 1.39. The fraction of sp³-hybridized carbons (Fsp3) is 0.280. The first-order chi connectivity index (χ1) is 15.7. The molecule has 1 aliphatic rings. The lowest BCUT2D eigenvalue weighted by Gasteiger charge is -2.23. The average molecular weight is 474 g/mol. The van der Waals surface area contributed by atoms with Crippen molar-refractivity contribution in [2.24, 2.45) is 0 Å². The number of halogens is 3. The van der Waals surface area contributed by atoms with Gasteiger partial charge in [-0.1, -0.05) is 43.8 Å². The van der Waals surface area contributed by atoms with Gasteiger partial charge in [0.1, 0.15) is 11.6 Å². The highest BCUT2D eigenvalue weighted by molar-refractivity contribution is 7.99. The lowest BCUT2D eigenvalue weighted by molar-refractivity contribution is -0.156. The van der Waals surface area contributed by atoms with Gasteiger partial charge in [-0.3, -0.25) is 9.78 Å². The quantitative estimate of drug-likeness (QED) is 0.364. The van der Waals surface area contributed by atoms with Crippen LogP contribution in [-0.4, -0.2) is 28.3 Å². The second kappa shape index (κ2) is 9.57. The number of pyridine rings is 1. The highest BCUT2D eigenvalue weighted by Gasteiger charge is 2.25. The van der Waals surface area contributed by atoms with E-state index in [1.165, 1.54) is 18.0 Å². The normalized spacial score (nSPS) is 18.9. The Morgan fingerprint density at radius 2 is 1.91 bits per heavy atom. The van der Waals surface area contributed by atoms with E-state index in [1.807, 2.05) is 24.3 Å². The number of aromatic nitrogens is 1. The fourth-order valence-electron chi connectivity index (χ4n) is 3.64. The highest BCUT2D eigenvalue weighted by Crippen LogP contribution is 2.38. The molecule has 1 saturated heterocycles. The summed E-state index contributed by atoms with van der Waals surface area (Å²) in [4.78, 5) is 16.9. The number of nitrogens with zero attached hydrogens (tertiary/aromatic N) is 1. The van der Waals surface area contributed by atoms with Crippen LogP contribution in [-0.2, 0) is 9.53 Å². The third-order valence-corrected chi connectivity index (χ3v) is 6.59. The van der Waals surface area contributed by atoms with Crippen LogP contribution in [0, 0.1) is 17.5 Å². The van der Waals surface area contributed by atoms with Gasteiger partial charge in [0.2, 0.25) is 0 Å². The second-order valence-electron chi connectivity index (χ2n) is 8.23. The van der Waals surface area contributed by atoms with Crippen LogP contribution in [0.4, 0.5) is 13.2 Å². The van der Waals surface area contributed by atoms with Gasteiger partial charge >= 0.3 is 5.97 Å². The van der Waals surface area contributed by atoms with E-state index in [9.17, 15) is 23.1 Å². The predicted molar refractivity (Wildman–Crippen MR) is 120 cm³/mol. The molecule has 172 valence electrons. The Balaban J connectivity index is 1.78. The van der Waals surface area contributed by atoms with E-state index in [-0.39, 0.29) is 23.7 Å². The van der Waals surface area contributed by atoms with Crippen LogP contribution in [0.25, 0.3) is 17.0 Å². The molecule has 0 unspecified atom stereocenters. The molecule has 4 rings (SSSR count). The second-order valence-corrected chi connectivity index (χ2v) is 9.32. The minimum absolute atomic E-state index is 0.0561. The molecule has 1 aromatic heterocycles. The number of cyclic esters (lactones) is 1. The van der Waals surface area contributed by atoms with Crippen molar-refractivity contribution in [3.05, 3.63) is 71.2 Å². The monoisotopic (exact) mass is 473 g/mol. The summed E-state index contributed by atoms with van der Waals surface area (Å²) in [6.07, 6.45) is 3.36. The maximum absolute atomic E-state index is 14.4. The Bertz CT molecular complexity index is 1230. The lowest BCUT2D eigenvalue weighted by Crippen LogP contribution is -2.31. The molecule has 0 bridgehead atoms. The number of aliphatic hydroxyl groups excluding tert-OH is 1. The number of fused-ring (bicyclic) bond motifs is 1.